The van der Waals surface area contributed by atoms with Crippen molar-refractivity contribution in [2.75, 3.05) is 0 Å². The first kappa shape index (κ1) is 7.86. The quantitative estimate of drug-likeness (QED) is 0.602. The van der Waals surface area contributed by atoms with Gasteiger partial charge in [-0.2, -0.15) is 14.8 Å². The molecule has 64 valence electrons. The van der Waals surface area contributed by atoms with Gasteiger partial charge in [-0.3, -0.25) is 0 Å². The van der Waals surface area contributed by atoms with Gasteiger partial charge in [-0.25, -0.2) is 0 Å². The van der Waals surface area contributed by atoms with Crippen molar-refractivity contribution < 1.29 is 4.57 Å². The Labute approximate surface area is 76.7 Å². The van der Waals surface area contributed by atoms with Crippen LogP contribution in [0.2, 0.25) is 0 Å². The molecular formula is C10H10N3+. The van der Waals surface area contributed by atoms with E-state index in [2.05, 4.69) is 29.3 Å². The molecule has 0 N–H and O–H groups in total. The Kier molecular flexibility index (Phi) is 2.00. The SMILES string of the molecule is Cc1cc[n+](-c2ccnnc2)cc1. The Balaban J connectivity index is 2.42. The molecule has 0 fully saturated rings. The van der Waals surface area contributed by atoms with Gasteiger partial charge in [-0.1, -0.05) is 0 Å². The Morgan fingerprint density at radius 1 is 1.08 bits per heavy atom. The summed E-state index contributed by atoms with van der Waals surface area (Å²) in [5.74, 6) is 0. The molecule has 13 heavy (non-hydrogen) atoms. The molecule has 0 unspecified atom stereocenters. The van der Waals surface area contributed by atoms with Gasteiger partial charge in [0, 0.05) is 18.2 Å². The van der Waals surface area contributed by atoms with Crippen LogP contribution in [0.25, 0.3) is 5.69 Å². The van der Waals surface area contributed by atoms with Crippen LogP contribution < -0.4 is 4.57 Å². The Morgan fingerprint density at radius 2 is 1.85 bits per heavy atom. The zero-order valence-corrected chi connectivity index (χ0v) is 7.38. The van der Waals surface area contributed by atoms with Crippen molar-refractivity contribution in [3.05, 3.63) is 48.5 Å². The lowest BCUT2D eigenvalue weighted by molar-refractivity contribution is -0.596. The van der Waals surface area contributed by atoms with E-state index in [1.54, 1.807) is 12.4 Å². The number of aromatic nitrogens is 3. The largest absolute Gasteiger partial charge is 0.232 e. The van der Waals surface area contributed by atoms with Crippen LogP contribution in [0.1, 0.15) is 5.56 Å². The fraction of sp³-hybridized carbons (Fsp3) is 0.100. The van der Waals surface area contributed by atoms with Gasteiger partial charge in [0.15, 0.2) is 12.4 Å². The van der Waals surface area contributed by atoms with Crippen LogP contribution in [0.3, 0.4) is 0 Å². The van der Waals surface area contributed by atoms with E-state index in [1.807, 2.05) is 23.0 Å². The van der Waals surface area contributed by atoms with Crippen LogP contribution in [0.5, 0.6) is 0 Å². The average molecular weight is 172 g/mol. The third-order valence-electron chi connectivity index (χ3n) is 1.86. The van der Waals surface area contributed by atoms with Crippen LogP contribution in [-0.2, 0) is 0 Å². The number of aryl methyl sites for hydroxylation is 1. The topological polar surface area (TPSA) is 29.7 Å². The third-order valence-corrected chi connectivity index (χ3v) is 1.86. The van der Waals surface area contributed by atoms with Crippen molar-refractivity contribution in [3.63, 3.8) is 0 Å². The van der Waals surface area contributed by atoms with Gasteiger partial charge in [0.05, 0.1) is 6.20 Å². The summed E-state index contributed by atoms with van der Waals surface area (Å²) in [6.07, 6.45) is 7.43. The van der Waals surface area contributed by atoms with Crippen LogP contribution in [0, 0.1) is 6.92 Å². The first-order valence-corrected chi connectivity index (χ1v) is 4.11. The second-order valence-electron chi connectivity index (χ2n) is 2.88. The molecule has 2 rings (SSSR count). The summed E-state index contributed by atoms with van der Waals surface area (Å²) in [4.78, 5) is 0. The first-order valence-electron chi connectivity index (χ1n) is 4.11. The zero-order chi connectivity index (χ0) is 9.10. The lowest BCUT2D eigenvalue weighted by Crippen LogP contribution is -2.29. The predicted molar refractivity (Wildman–Crippen MR) is 48.3 cm³/mol. The average Bonchev–Trinajstić information content (AvgIpc) is 2.20. The molecule has 0 amide bonds. The highest BCUT2D eigenvalue weighted by Gasteiger charge is 2.02. The zero-order valence-electron chi connectivity index (χ0n) is 7.38. The summed E-state index contributed by atoms with van der Waals surface area (Å²) in [6.45, 7) is 2.06. The van der Waals surface area contributed by atoms with Crippen molar-refractivity contribution in [2.24, 2.45) is 0 Å². The van der Waals surface area contributed by atoms with E-state index in [4.69, 9.17) is 0 Å². The molecule has 2 aromatic heterocycles. The molecule has 0 spiro atoms. The molecule has 0 aromatic carbocycles. The van der Waals surface area contributed by atoms with Gasteiger partial charge in [0.25, 0.3) is 0 Å². The normalized spacial score (nSPS) is 9.92. The van der Waals surface area contributed by atoms with Gasteiger partial charge in [0.2, 0.25) is 5.69 Å². The first-order chi connectivity index (χ1) is 6.36. The molecule has 0 atom stereocenters. The maximum absolute atomic E-state index is 3.81. The van der Waals surface area contributed by atoms with Gasteiger partial charge in [-0.15, -0.1) is 0 Å². The maximum Gasteiger partial charge on any atom is 0.232 e. The molecular weight excluding hydrogens is 162 g/mol. The molecule has 0 aliphatic carbocycles. The second kappa shape index (κ2) is 3.31. The number of pyridine rings is 1. The third kappa shape index (κ3) is 1.69. The van der Waals surface area contributed by atoms with Gasteiger partial charge in [0.1, 0.15) is 6.20 Å². The van der Waals surface area contributed by atoms with Crippen LogP contribution >= 0.6 is 0 Å². The van der Waals surface area contributed by atoms with Gasteiger partial charge >= 0.3 is 0 Å². The highest BCUT2D eigenvalue weighted by Crippen LogP contribution is 1.95. The van der Waals surface area contributed by atoms with Crippen LogP contribution in [0.4, 0.5) is 0 Å². The fourth-order valence-electron chi connectivity index (χ4n) is 1.11. The Hall–Kier alpha value is -1.77. The number of nitrogens with zero attached hydrogens (tertiary/aromatic N) is 3. The molecule has 0 aliphatic heterocycles. The van der Waals surface area contributed by atoms with Crippen molar-refractivity contribution in [1.29, 1.82) is 0 Å². The van der Waals surface area contributed by atoms with E-state index in [0.29, 0.717) is 0 Å². The minimum absolute atomic E-state index is 1.02. The molecule has 3 heteroatoms. The van der Waals surface area contributed by atoms with E-state index in [9.17, 15) is 0 Å². The van der Waals surface area contributed by atoms with E-state index >= 15 is 0 Å². The standard InChI is InChI=1S/C10H10N3/c1-9-3-6-13(7-4-9)10-2-5-11-12-8-10/h2-8H,1H3/q+1. The van der Waals surface area contributed by atoms with Crippen molar-refractivity contribution >= 4 is 0 Å². The Morgan fingerprint density at radius 3 is 2.46 bits per heavy atom. The van der Waals surface area contributed by atoms with Crippen molar-refractivity contribution in [3.8, 4) is 5.69 Å². The fourth-order valence-corrected chi connectivity index (χ4v) is 1.11. The summed E-state index contributed by atoms with van der Waals surface area (Å²) >= 11 is 0. The predicted octanol–water partition coefficient (Wildman–Crippen LogP) is 1.06. The minimum Gasteiger partial charge on any atom is -0.166 e. The summed E-state index contributed by atoms with van der Waals surface area (Å²) in [7, 11) is 0. The van der Waals surface area contributed by atoms with Gasteiger partial charge < -0.3 is 0 Å². The monoisotopic (exact) mass is 172 g/mol. The van der Waals surface area contributed by atoms with E-state index < -0.39 is 0 Å². The van der Waals surface area contributed by atoms with Crippen molar-refractivity contribution in [2.45, 2.75) is 6.92 Å². The molecule has 3 nitrogen and oxygen atoms in total. The molecule has 0 bridgehead atoms. The summed E-state index contributed by atoms with van der Waals surface area (Å²) in [6, 6.07) is 6.03. The highest BCUT2D eigenvalue weighted by molar-refractivity contribution is 5.14. The van der Waals surface area contributed by atoms with Gasteiger partial charge in [-0.05, 0) is 12.5 Å². The number of hydrogen-bond donors (Lipinski definition) is 0. The van der Waals surface area contributed by atoms with Crippen LogP contribution in [0.15, 0.2) is 43.0 Å². The van der Waals surface area contributed by atoms with Crippen LogP contribution in [-0.4, -0.2) is 10.2 Å². The number of hydrogen-bond acceptors (Lipinski definition) is 2. The summed E-state index contributed by atoms with van der Waals surface area (Å²) in [5.41, 5.74) is 2.27. The van der Waals surface area contributed by atoms with E-state index in [-0.39, 0.29) is 0 Å². The molecule has 0 saturated carbocycles. The molecule has 0 saturated heterocycles. The number of rotatable bonds is 1. The summed E-state index contributed by atoms with van der Waals surface area (Å²) < 4.78 is 2.00. The highest BCUT2D eigenvalue weighted by atomic mass is 15.1. The summed E-state index contributed by atoms with van der Waals surface area (Å²) in [5, 5.41) is 7.54. The molecule has 2 aromatic rings. The molecule has 0 radical (unpaired) electrons. The Bertz CT molecular complexity index is 381. The lowest BCUT2D eigenvalue weighted by Gasteiger charge is -1.93. The smallest absolute Gasteiger partial charge is 0.166 e. The van der Waals surface area contributed by atoms with E-state index in [0.717, 1.165) is 5.69 Å². The van der Waals surface area contributed by atoms with Crippen molar-refractivity contribution in [1.82, 2.24) is 10.2 Å². The maximum atomic E-state index is 3.81. The molecule has 0 aliphatic rings. The lowest BCUT2D eigenvalue weighted by atomic mass is 10.3. The molecule has 2 heterocycles. The minimum atomic E-state index is 1.02. The van der Waals surface area contributed by atoms with E-state index in [1.165, 1.54) is 5.56 Å². The second-order valence-corrected chi connectivity index (χ2v) is 2.88.